The van der Waals surface area contributed by atoms with Gasteiger partial charge in [-0.3, -0.25) is 0 Å². The van der Waals surface area contributed by atoms with Crippen molar-refractivity contribution in [1.82, 2.24) is 0 Å². The van der Waals surface area contributed by atoms with E-state index in [1.54, 1.807) is 0 Å². The van der Waals surface area contributed by atoms with Gasteiger partial charge in [-0.25, -0.2) is 0 Å². The number of hydrogen-bond acceptors (Lipinski definition) is 4. The molecule has 8 heteroatoms. The first-order chi connectivity index (χ1) is 44.7. The van der Waals surface area contributed by atoms with Gasteiger partial charge in [0.15, 0.2) is 0 Å². The number of unbranched alkanes of at least 4 members (excludes halogenated alkanes) is 48. The highest BCUT2D eigenvalue weighted by molar-refractivity contribution is 7.40. The number of quaternary nitrogens is 3. The van der Waals surface area contributed by atoms with Gasteiger partial charge in [-0.15, -0.1) is 0 Å². The highest BCUT2D eigenvalue weighted by atomic mass is 31.2. The predicted molar refractivity (Wildman–Crippen MR) is 412 cm³/mol. The molecule has 0 spiro atoms. The highest BCUT2D eigenvalue weighted by Gasteiger charge is 2.28. The van der Waals surface area contributed by atoms with Gasteiger partial charge < -0.3 is 32.7 Å². The van der Waals surface area contributed by atoms with E-state index in [-0.39, 0.29) is 0 Å². The first-order valence-electron chi connectivity index (χ1n) is 43.0. The Labute approximate surface area is 584 Å². The van der Waals surface area contributed by atoms with Crippen LogP contribution < -0.4 is 14.7 Å². The molecule has 0 bridgehead atoms. The molecule has 0 aromatic carbocycles. The zero-order valence-corrected chi connectivity index (χ0v) is 67.2. The van der Waals surface area contributed by atoms with Crippen LogP contribution in [-0.4, -0.2) is 92.0 Å². The first kappa shape index (κ1) is 98.4. The van der Waals surface area contributed by atoms with Gasteiger partial charge in [0.1, 0.15) is 0 Å². The monoisotopic (exact) mass is 1330 g/mol. The van der Waals surface area contributed by atoms with Gasteiger partial charge in [-0.05, 0) is 135 Å². The summed E-state index contributed by atoms with van der Waals surface area (Å²) >= 11 is 0. The van der Waals surface area contributed by atoms with Crippen molar-refractivity contribution in [2.45, 2.75) is 468 Å². The lowest BCUT2D eigenvalue weighted by atomic mass is 10.1. The number of phosphoric acid groups is 1. The van der Waals surface area contributed by atoms with Crippen molar-refractivity contribution in [2.75, 3.05) is 78.5 Å². The number of nitrogens with zero attached hydrogens (tertiary/aromatic N) is 3. The summed E-state index contributed by atoms with van der Waals surface area (Å²) in [5, 5.41) is 0. The summed E-state index contributed by atoms with van der Waals surface area (Å²) in [5.74, 6) is 0. The van der Waals surface area contributed by atoms with Crippen molar-refractivity contribution in [1.29, 1.82) is 0 Å². The van der Waals surface area contributed by atoms with E-state index in [1.165, 1.54) is 477 Å². The maximum absolute atomic E-state index is 8.55. The lowest BCUT2D eigenvalue weighted by Gasteiger charge is -2.39. The maximum Gasteiger partial charge on any atom is 0.0786 e. The van der Waals surface area contributed by atoms with Crippen molar-refractivity contribution in [3.05, 3.63) is 0 Å². The van der Waals surface area contributed by atoms with Crippen LogP contribution in [-0.2, 0) is 4.57 Å². The maximum atomic E-state index is 8.55. The van der Waals surface area contributed by atoms with Crippen LogP contribution in [0.5, 0.6) is 0 Å². The minimum absolute atomic E-state index is 1.36. The molecule has 0 fully saturated rings. The molecule has 0 aliphatic heterocycles. The largest absolute Gasteiger partial charge is 0.822 e. The van der Waals surface area contributed by atoms with E-state index in [4.69, 9.17) is 19.2 Å². The molecular weight excluding hydrogens is 1150 g/mol. The molecular formula is C84H180N3O4P. The fourth-order valence-corrected chi connectivity index (χ4v) is 14.5. The summed E-state index contributed by atoms with van der Waals surface area (Å²) in [4.78, 5) is 25.6. The molecule has 0 aromatic rings. The van der Waals surface area contributed by atoms with E-state index in [9.17, 15) is 0 Å². The van der Waals surface area contributed by atoms with Gasteiger partial charge in [0.2, 0.25) is 0 Å². The van der Waals surface area contributed by atoms with Crippen LogP contribution in [0.25, 0.3) is 0 Å². The Kier molecular flexibility index (Phi) is 85.5. The van der Waals surface area contributed by atoms with E-state index < -0.39 is 7.82 Å². The molecule has 0 heterocycles. The van der Waals surface area contributed by atoms with Crippen molar-refractivity contribution in [3.63, 3.8) is 0 Å². The van der Waals surface area contributed by atoms with Gasteiger partial charge in [-0.1, -0.05) is 333 Å². The Balaban J connectivity index is -0.000000607. The third kappa shape index (κ3) is 77.3. The molecule has 0 atom stereocenters. The molecule has 0 aliphatic rings. The van der Waals surface area contributed by atoms with Gasteiger partial charge >= 0.3 is 0 Å². The number of hydrogen-bond donors (Lipinski definition) is 0. The van der Waals surface area contributed by atoms with Crippen molar-refractivity contribution >= 4 is 7.82 Å². The number of rotatable bonds is 72. The Morgan fingerprint density at radius 3 is 0.326 bits per heavy atom. The lowest BCUT2D eigenvalue weighted by molar-refractivity contribution is -0.929. The second-order valence-electron chi connectivity index (χ2n) is 30.1. The van der Waals surface area contributed by atoms with E-state index in [1.807, 2.05) is 0 Å². The summed E-state index contributed by atoms with van der Waals surface area (Å²) in [5.41, 5.74) is 0. The first-order valence-corrected chi connectivity index (χ1v) is 44.5. The van der Waals surface area contributed by atoms with E-state index >= 15 is 0 Å². The average molecular weight is 1330 g/mol. The molecule has 0 aromatic heterocycles. The molecule has 560 valence electrons. The standard InChI is InChI=1S/3C28H60N.H3O4P/c3*1-5-9-13-16-19-22-26-29(25-12-8-4,27-23-20-17-14-10-6-2)28-24-21-18-15-11-7-3;1-5(2,3)4/h3*5-28H2,1-4H3;(H3,1,2,3,4)/q3*+1;/p-3. The fourth-order valence-electron chi connectivity index (χ4n) is 14.5. The Morgan fingerprint density at radius 2 is 0.228 bits per heavy atom. The van der Waals surface area contributed by atoms with E-state index in [0.29, 0.717) is 0 Å². The molecule has 0 N–H and O–H groups in total. The molecule has 0 radical (unpaired) electrons. The molecule has 0 saturated heterocycles. The molecule has 0 rings (SSSR count). The second-order valence-corrected chi connectivity index (χ2v) is 31.0. The van der Waals surface area contributed by atoms with Crippen LogP contribution in [0.15, 0.2) is 0 Å². The molecule has 0 amide bonds. The van der Waals surface area contributed by atoms with Crippen molar-refractivity contribution in [3.8, 4) is 0 Å². The second kappa shape index (κ2) is 80.0. The molecule has 0 saturated carbocycles. The van der Waals surface area contributed by atoms with Gasteiger partial charge in [0.25, 0.3) is 0 Å². The molecule has 0 aliphatic carbocycles. The zero-order valence-electron chi connectivity index (χ0n) is 66.3. The summed E-state index contributed by atoms with van der Waals surface area (Å²) in [6.07, 6.45) is 86.4. The molecule has 0 unspecified atom stereocenters. The van der Waals surface area contributed by atoms with Crippen LogP contribution in [0.4, 0.5) is 0 Å². The van der Waals surface area contributed by atoms with E-state index in [2.05, 4.69) is 83.1 Å². The summed E-state index contributed by atoms with van der Waals surface area (Å²) in [6.45, 7) is 45.7. The Morgan fingerprint density at radius 1 is 0.152 bits per heavy atom. The minimum atomic E-state index is -5.39. The molecule has 7 nitrogen and oxygen atoms in total. The SMILES string of the molecule is CCCCCCCC[N+](CCCC)(CCCCCCCC)CCCCCCCC.CCCCCCCC[N+](CCCC)(CCCCCCCC)CCCCCCCC.CCCCCCCC[N+](CCCC)(CCCCCCCC)CCCCCCCC.O=P([O-])([O-])[O-]. The normalized spacial score (nSPS) is 12.0. The minimum Gasteiger partial charge on any atom is -0.822 e. The lowest BCUT2D eigenvalue weighted by Crippen LogP contribution is -2.50. The Bertz CT molecular complexity index is 1090. The summed E-state index contributed by atoms with van der Waals surface area (Å²) in [6, 6.07) is 0. The third-order valence-corrected chi connectivity index (χ3v) is 20.8. The average Bonchev–Trinajstić information content (AvgIpc) is 1.15. The Hall–Kier alpha value is -0.0100. The summed E-state index contributed by atoms with van der Waals surface area (Å²) in [7, 11) is -5.39. The van der Waals surface area contributed by atoms with Crippen molar-refractivity contribution < 1.29 is 32.7 Å². The zero-order chi connectivity index (χ0) is 68.9. The van der Waals surface area contributed by atoms with Crippen LogP contribution >= 0.6 is 7.82 Å². The highest BCUT2D eigenvalue weighted by Crippen LogP contribution is 2.24. The predicted octanol–water partition coefficient (Wildman–Crippen LogP) is 26.2. The van der Waals surface area contributed by atoms with Gasteiger partial charge in [-0.2, -0.15) is 7.82 Å². The van der Waals surface area contributed by atoms with Crippen LogP contribution in [0.3, 0.4) is 0 Å². The molecule has 92 heavy (non-hydrogen) atoms. The van der Waals surface area contributed by atoms with E-state index in [0.717, 1.165) is 0 Å². The third-order valence-electron chi connectivity index (χ3n) is 20.8. The van der Waals surface area contributed by atoms with Crippen molar-refractivity contribution in [2.24, 2.45) is 0 Å². The topological polar surface area (TPSA) is 86.2 Å². The van der Waals surface area contributed by atoms with Gasteiger partial charge in [0.05, 0.1) is 78.5 Å². The van der Waals surface area contributed by atoms with Gasteiger partial charge in [0, 0.05) is 0 Å². The summed E-state index contributed by atoms with van der Waals surface area (Å²) < 4.78 is 12.9. The fraction of sp³-hybridized carbons (Fsp3) is 1.00. The quantitative estimate of drug-likeness (QED) is 0.0345. The van der Waals surface area contributed by atoms with Crippen LogP contribution in [0.1, 0.15) is 468 Å². The smallest absolute Gasteiger partial charge is 0.0786 e. The van der Waals surface area contributed by atoms with Crippen LogP contribution in [0, 0.1) is 0 Å². The van der Waals surface area contributed by atoms with Crippen LogP contribution in [0.2, 0.25) is 0 Å².